The highest BCUT2D eigenvalue weighted by atomic mass is 15.0. The van der Waals surface area contributed by atoms with Gasteiger partial charge in [0, 0.05) is 12.5 Å². The second kappa shape index (κ2) is 3.02. The van der Waals surface area contributed by atoms with Gasteiger partial charge in [-0.25, -0.2) is 15.0 Å². The summed E-state index contributed by atoms with van der Waals surface area (Å²) in [5.41, 5.74) is 1.69. The molecule has 3 heterocycles. The molecule has 1 saturated heterocycles. The molecular formula is C9H11N5. The van der Waals surface area contributed by atoms with E-state index in [0.29, 0.717) is 5.92 Å². The van der Waals surface area contributed by atoms with Crippen LogP contribution in [0.1, 0.15) is 18.2 Å². The Bertz CT molecular complexity index is 410. The van der Waals surface area contributed by atoms with Crippen LogP contribution in [0.3, 0.4) is 0 Å². The van der Waals surface area contributed by atoms with Gasteiger partial charge in [-0.05, 0) is 13.0 Å². The topological polar surface area (TPSA) is 66.5 Å². The van der Waals surface area contributed by atoms with E-state index in [1.54, 1.807) is 6.20 Å². The van der Waals surface area contributed by atoms with E-state index in [2.05, 4.69) is 25.3 Å². The Balaban J connectivity index is 2.05. The molecule has 1 fully saturated rings. The summed E-state index contributed by atoms with van der Waals surface area (Å²) in [4.78, 5) is 15.8. The van der Waals surface area contributed by atoms with Crippen molar-refractivity contribution in [3.05, 3.63) is 18.3 Å². The molecule has 0 spiro atoms. The van der Waals surface area contributed by atoms with Crippen LogP contribution in [0, 0.1) is 0 Å². The quantitative estimate of drug-likeness (QED) is 0.682. The summed E-state index contributed by atoms with van der Waals surface area (Å²) in [7, 11) is 0. The molecule has 0 saturated carbocycles. The zero-order valence-electron chi connectivity index (χ0n) is 7.70. The zero-order valence-corrected chi connectivity index (χ0v) is 7.70. The van der Waals surface area contributed by atoms with Gasteiger partial charge in [0.25, 0.3) is 0 Å². The number of H-pyrrole nitrogens is 1. The fourth-order valence-corrected chi connectivity index (χ4v) is 1.86. The molecule has 5 nitrogen and oxygen atoms in total. The predicted octanol–water partition coefficient (Wildman–Crippen LogP) is 0.430. The molecule has 72 valence electrons. The fourth-order valence-electron chi connectivity index (χ4n) is 1.86. The van der Waals surface area contributed by atoms with Crippen molar-refractivity contribution < 1.29 is 0 Å². The van der Waals surface area contributed by atoms with Crippen molar-refractivity contribution in [2.45, 2.75) is 12.3 Å². The van der Waals surface area contributed by atoms with Crippen LogP contribution in [-0.2, 0) is 0 Å². The first-order valence-electron chi connectivity index (χ1n) is 4.80. The number of nitrogens with one attached hydrogen (secondary N) is 2. The normalized spacial score (nSPS) is 21.9. The van der Waals surface area contributed by atoms with Crippen LogP contribution in [0.2, 0.25) is 0 Å². The standard InChI is InChI=1S/C9H11N5/c1-2-10-3-6(1)8-13-7-4-11-5-12-9(7)14-8/h4-6,10H,1-3H2,(H,11,12,13,14). The first-order valence-corrected chi connectivity index (χ1v) is 4.80. The molecule has 14 heavy (non-hydrogen) atoms. The third-order valence-electron chi connectivity index (χ3n) is 2.63. The van der Waals surface area contributed by atoms with E-state index in [9.17, 15) is 0 Å². The average molecular weight is 189 g/mol. The Kier molecular flexibility index (Phi) is 1.70. The van der Waals surface area contributed by atoms with Crippen LogP contribution in [-0.4, -0.2) is 33.0 Å². The number of fused-ring (bicyclic) bond motifs is 1. The van der Waals surface area contributed by atoms with E-state index in [1.165, 1.54) is 6.33 Å². The Morgan fingerprint density at radius 1 is 1.43 bits per heavy atom. The van der Waals surface area contributed by atoms with Gasteiger partial charge in [-0.1, -0.05) is 0 Å². The van der Waals surface area contributed by atoms with E-state index in [4.69, 9.17) is 0 Å². The molecule has 3 rings (SSSR count). The van der Waals surface area contributed by atoms with E-state index in [1.807, 2.05) is 0 Å². The van der Waals surface area contributed by atoms with Crippen molar-refractivity contribution in [2.24, 2.45) is 0 Å². The summed E-state index contributed by atoms with van der Waals surface area (Å²) in [5.74, 6) is 1.54. The molecule has 0 radical (unpaired) electrons. The smallest absolute Gasteiger partial charge is 0.180 e. The molecule has 1 unspecified atom stereocenters. The van der Waals surface area contributed by atoms with Crippen molar-refractivity contribution >= 4 is 11.2 Å². The van der Waals surface area contributed by atoms with Crippen molar-refractivity contribution in [3.8, 4) is 0 Å². The van der Waals surface area contributed by atoms with Crippen molar-refractivity contribution in [3.63, 3.8) is 0 Å². The fraction of sp³-hybridized carbons (Fsp3) is 0.444. The lowest BCUT2D eigenvalue weighted by molar-refractivity contribution is 0.717. The lowest BCUT2D eigenvalue weighted by Gasteiger charge is -2.01. The highest BCUT2D eigenvalue weighted by Gasteiger charge is 2.19. The second-order valence-corrected chi connectivity index (χ2v) is 3.57. The first-order chi connectivity index (χ1) is 6.93. The largest absolute Gasteiger partial charge is 0.339 e. The van der Waals surface area contributed by atoms with Gasteiger partial charge in [-0.2, -0.15) is 0 Å². The Labute approximate surface area is 81.0 Å². The summed E-state index contributed by atoms with van der Waals surface area (Å²) in [5, 5.41) is 3.32. The molecule has 2 aromatic rings. The van der Waals surface area contributed by atoms with Crippen LogP contribution in [0.25, 0.3) is 11.2 Å². The first kappa shape index (κ1) is 7.87. The van der Waals surface area contributed by atoms with Gasteiger partial charge in [-0.15, -0.1) is 0 Å². The number of aromatic amines is 1. The Morgan fingerprint density at radius 3 is 3.21 bits per heavy atom. The van der Waals surface area contributed by atoms with Gasteiger partial charge in [0.05, 0.1) is 6.20 Å². The maximum atomic E-state index is 4.45. The maximum Gasteiger partial charge on any atom is 0.180 e. The number of rotatable bonds is 1. The minimum Gasteiger partial charge on any atom is -0.339 e. The van der Waals surface area contributed by atoms with E-state index < -0.39 is 0 Å². The van der Waals surface area contributed by atoms with Crippen LogP contribution < -0.4 is 5.32 Å². The lowest BCUT2D eigenvalue weighted by Crippen LogP contribution is -2.08. The molecule has 2 aromatic heterocycles. The van der Waals surface area contributed by atoms with Gasteiger partial charge in [0.2, 0.25) is 0 Å². The second-order valence-electron chi connectivity index (χ2n) is 3.57. The monoisotopic (exact) mass is 189 g/mol. The highest BCUT2D eigenvalue weighted by Crippen LogP contribution is 2.20. The van der Waals surface area contributed by atoms with Gasteiger partial charge in [0.1, 0.15) is 17.7 Å². The highest BCUT2D eigenvalue weighted by molar-refractivity contribution is 5.68. The molecule has 0 aromatic carbocycles. The third kappa shape index (κ3) is 1.17. The van der Waals surface area contributed by atoms with Crippen molar-refractivity contribution in [2.75, 3.05) is 13.1 Å². The molecule has 5 heteroatoms. The average Bonchev–Trinajstić information content (AvgIpc) is 2.86. The number of nitrogens with zero attached hydrogens (tertiary/aromatic N) is 3. The number of hydrogen-bond acceptors (Lipinski definition) is 4. The Morgan fingerprint density at radius 2 is 2.43 bits per heavy atom. The van der Waals surface area contributed by atoms with Crippen molar-refractivity contribution in [1.82, 2.24) is 25.3 Å². The van der Waals surface area contributed by atoms with E-state index in [0.717, 1.165) is 36.5 Å². The number of imidazole rings is 1. The summed E-state index contributed by atoms with van der Waals surface area (Å²) < 4.78 is 0. The van der Waals surface area contributed by atoms with Crippen LogP contribution in [0.4, 0.5) is 0 Å². The molecule has 1 aliphatic rings. The molecule has 2 N–H and O–H groups in total. The molecule has 0 aliphatic carbocycles. The van der Waals surface area contributed by atoms with Crippen LogP contribution in [0.5, 0.6) is 0 Å². The van der Waals surface area contributed by atoms with Crippen LogP contribution in [0.15, 0.2) is 12.5 Å². The van der Waals surface area contributed by atoms with Crippen molar-refractivity contribution in [1.29, 1.82) is 0 Å². The molecule has 0 amide bonds. The summed E-state index contributed by atoms with van der Waals surface area (Å²) in [6.07, 6.45) is 4.44. The molecule has 0 bridgehead atoms. The number of aromatic nitrogens is 4. The third-order valence-corrected chi connectivity index (χ3v) is 2.63. The maximum absolute atomic E-state index is 4.45. The minimum atomic E-state index is 0.504. The lowest BCUT2D eigenvalue weighted by atomic mass is 10.1. The molecule has 1 aliphatic heterocycles. The van der Waals surface area contributed by atoms with E-state index in [-0.39, 0.29) is 0 Å². The molecular weight excluding hydrogens is 178 g/mol. The van der Waals surface area contributed by atoms with Crippen LogP contribution >= 0.6 is 0 Å². The predicted molar refractivity (Wildman–Crippen MR) is 51.9 cm³/mol. The molecule has 1 atom stereocenters. The van der Waals surface area contributed by atoms with Gasteiger partial charge < -0.3 is 10.3 Å². The van der Waals surface area contributed by atoms with Gasteiger partial charge >= 0.3 is 0 Å². The van der Waals surface area contributed by atoms with Gasteiger partial charge in [-0.3, -0.25) is 0 Å². The minimum absolute atomic E-state index is 0.504. The summed E-state index contributed by atoms with van der Waals surface area (Å²) >= 11 is 0. The summed E-state index contributed by atoms with van der Waals surface area (Å²) in [6, 6.07) is 0. The van der Waals surface area contributed by atoms with E-state index >= 15 is 0 Å². The zero-order chi connectivity index (χ0) is 9.38. The van der Waals surface area contributed by atoms with Gasteiger partial charge in [0.15, 0.2) is 5.65 Å². The number of hydrogen-bond donors (Lipinski definition) is 2. The summed E-state index contributed by atoms with van der Waals surface area (Å²) in [6.45, 7) is 2.08. The SMILES string of the molecule is c1ncc2[nH]c(C3CCNC3)nc2n1. The Hall–Kier alpha value is -1.49.